The van der Waals surface area contributed by atoms with Crippen LogP contribution in [-0.4, -0.2) is 9.78 Å². The molecule has 92 valence electrons. The van der Waals surface area contributed by atoms with Crippen molar-refractivity contribution in [1.29, 1.82) is 0 Å². The predicted molar refractivity (Wildman–Crippen MR) is 69.7 cm³/mol. The van der Waals surface area contributed by atoms with Gasteiger partial charge < -0.3 is 10.2 Å². The maximum atomic E-state index is 6.13. The molecule has 0 spiro atoms. The van der Waals surface area contributed by atoms with E-state index in [0.29, 0.717) is 6.42 Å². The molecule has 1 atom stereocenters. The lowest BCUT2D eigenvalue weighted by molar-refractivity contribution is 0.440. The first-order chi connectivity index (χ1) is 7.99. The minimum atomic E-state index is -0.144. The Bertz CT molecular complexity index is 530. The smallest absolute Gasteiger partial charge is 0.121 e. The molecule has 0 saturated heterocycles. The number of rotatable bonds is 3. The van der Waals surface area contributed by atoms with E-state index in [4.69, 9.17) is 10.2 Å². The summed E-state index contributed by atoms with van der Waals surface area (Å²) in [6.45, 7) is 3.89. The van der Waals surface area contributed by atoms with Gasteiger partial charge in [-0.1, -0.05) is 0 Å². The van der Waals surface area contributed by atoms with Crippen molar-refractivity contribution in [2.75, 3.05) is 0 Å². The normalized spacial score (nSPS) is 13.0. The fourth-order valence-corrected chi connectivity index (χ4v) is 2.36. The number of nitrogens with two attached hydrogens (primary N) is 1. The molecular formula is C12H16BrN3O. The molecule has 2 aromatic heterocycles. The van der Waals surface area contributed by atoms with Gasteiger partial charge in [0, 0.05) is 13.5 Å². The summed E-state index contributed by atoms with van der Waals surface area (Å²) < 4.78 is 8.42. The third-order valence-electron chi connectivity index (χ3n) is 2.80. The Balaban J connectivity index is 2.21. The third kappa shape index (κ3) is 2.45. The van der Waals surface area contributed by atoms with Gasteiger partial charge in [0.15, 0.2) is 0 Å². The number of nitrogens with zero attached hydrogens (tertiary/aromatic N) is 2. The van der Waals surface area contributed by atoms with Crippen LogP contribution in [-0.2, 0) is 13.5 Å². The molecule has 0 aliphatic carbocycles. The highest BCUT2D eigenvalue weighted by Gasteiger charge is 2.17. The zero-order chi connectivity index (χ0) is 12.6. The second-order valence-electron chi connectivity index (χ2n) is 4.23. The molecule has 0 amide bonds. The van der Waals surface area contributed by atoms with E-state index in [1.807, 2.05) is 37.7 Å². The maximum absolute atomic E-state index is 6.13. The van der Waals surface area contributed by atoms with Crippen LogP contribution in [0.5, 0.6) is 0 Å². The maximum Gasteiger partial charge on any atom is 0.121 e. The van der Waals surface area contributed by atoms with Gasteiger partial charge in [-0.15, -0.1) is 0 Å². The molecule has 5 heteroatoms. The summed E-state index contributed by atoms with van der Waals surface area (Å²) in [5.41, 5.74) is 8.20. The lowest BCUT2D eigenvalue weighted by atomic mass is 10.1. The fraction of sp³-hybridized carbons (Fsp3) is 0.417. The zero-order valence-corrected chi connectivity index (χ0v) is 11.8. The standard InChI is InChI=1S/C12H16BrN3O/c1-7-4-5-11(17-7)9(14)6-10-12(13)8(2)15-16(10)3/h4-5,9H,6,14H2,1-3H3. The minimum Gasteiger partial charge on any atom is -0.465 e. The minimum absolute atomic E-state index is 0.144. The lowest BCUT2D eigenvalue weighted by Gasteiger charge is -2.09. The number of aromatic nitrogens is 2. The van der Waals surface area contributed by atoms with Gasteiger partial charge in [0.1, 0.15) is 11.5 Å². The molecule has 0 fully saturated rings. The Labute approximate surface area is 109 Å². The van der Waals surface area contributed by atoms with Crippen LogP contribution in [0.1, 0.15) is 29.0 Å². The summed E-state index contributed by atoms with van der Waals surface area (Å²) in [5, 5.41) is 4.35. The second-order valence-corrected chi connectivity index (χ2v) is 5.02. The van der Waals surface area contributed by atoms with E-state index in [0.717, 1.165) is 27.4 Å². The number of hydrogen-bond acceptors (Lipinski definition) is 3. The summed E-state index contributed by atoms with van der Waals surface area (Å²) in [7, 11) is 1.92. The van der Waals surface area contributed by atoms with E-state index in [-0.39, 0.29) is 6.04 Å². The van der Waals surface area contributed by atoms with Crippen LogP contribution < -0.4 is 5.73 Å². The lowest BCUT2D eigenvalue weighted by Crippen LogP contribution is -2.15. The summed E-state index contributed by atoms with van der Waals surface area (Å²) in [4.78, 5) is 0. The van der Waals surface area contributed by atoms with Crippen LogP contribution in [0.3, 0.4) is 0 Å². The molecular weight excluding hydrogens is 282 g/mol. The van der Waals surface area contributed by atoms with Crippen LogP contribution in [0.15, 0.2) is 21.0 Å². The van der Waals surface area contributed by atoms with Crippen molar-refractivity contribution in [3.63, 3.8) is 0 Å². The topological polar surface area (TPSA) is 57.0 Å². The highest BCUT2D eigenvalue weighted by molar-refractivity contribution is 9.10. The monoisotopic (exact) mass is 297 g/mol. The molecule has 0 aliphatic heterocycles. The number of furan rings is 1. The van der Waals surface area contributed by atoms with E-state index < -0.39 is 0 Å². The van der Waals surface area contributed by atoms with Crippen molar-refractivity contribution >= 4 is 15.9 Å². The fourth-order valence-electron chi connectivity index (χ4n) is 1.86. The number of hydrogen-bond donors (Lipinski definition) is 1. The van der Waals surface area contributed by atoms with E-state index in [1.165, 1.54) is 0 Å². The van der Waals surface area contributed by atoms with Gasteiger partial charge in [0.2, 0.25) is 0 Å². The van der Waals surface area contributed by atoms with Crippen LogP contribution in [0.25, 0.3) is 0 Å². The quantitative estimate of drug-likeness (QED) is 0.947. The van der Waals surface area contributed by atoms with Gasteiger partial charge in [-0.2, -0.15) is 5.10 Å². The van der Waals surface area contributed by atoms with Gasteiger partial charge >= 0.3 is 0 Å². The summed E-state index contributed by atoms with van der Waals surface area (Å²) in [5.74, 6) is 1.70. The number of aryl methyl sites for hydroxylation is 3. The Morgan fingerprint density at radius 3 is 2.65 bits per heavy atom. The summed E-state index contributed by atoms with van der Waals surface area (Å²) in [6.07, 6.45) is 0.699. The first-order valence-corrected chi connectivity index (χ1v) is 6.28. The van der Waals surface area contributed by atoms with Gasteiger partial charge in [-0.25, -0.2) is 0 Å². The number of halogens is 1. The van der Waals surface area contributed by atoms with E-state index in [2.05, 4.69) is 21.0 Å². The van der Waals surface area contributed by atoms with Gasteiger partial charge in [-0.05, 0) is 41.9 Å². The molecule has 2 rings (SSSR count). The van der Waals surface area contributed by atoms with Crippen LogP contribution in [0.4, 0.5) is 0 Å². The van der Waals surface area contributed by atoms with Crippen LogP contribution in [0, 0.1) is 13.8 Å². The van der Waals surface area contributed by atoms with Crippen molar-refractivity contribution in [2.24, 2.45) is 12.8 Å². The SMILES string of the molecule is Cc1ccc(C(N)Cc2c(Br)c(C)nn2C)o1. The Morgan fingerprint density at radius 1 is 1.47 bits per heavy atom. The van der Waals surface area contributed by atoms with Crippen LogP contribution in [0.2, 0.25) is 0 Å². The molecule has 1 unspecified atom stereocenters. The third-order valence-corrected chi connectivity index (χ3v) is 3.83. The Kier molecular flexibility index (Phi) is 3.40. The van der Waals surface area contributed by atoms with Crippen molar-refractivity contribution in [3.8, 4) is 0 Å². The average Bonchev–Trinajstić information content (AvgIpc) is 2.79. The second kappa shape index (κ2) is 4.66. The highest BCUT2D eigenvalue weighted by Crippen LogP contribution is 2.25. The van der Waals surface area contributed by atoms with Crippen molar-refractivity contribution in [3.05, 3.63) is 39.5 Å². The van der Waals surface area contributed by atoms with Crippen molar-refractivity contribution < 1.29 is 4.42 Å². The molecule has 0 bridgehead atoms. The summed E-state index contributed by atoms with van der Waals surface area (Å²) in [6, 6.07) is 3.71. The molecule has 0 saturated carbocycles. The average molecular weight is 298 g/mol. The van der Waals surface area contributed by atoms with Gasteiger partial charge in [0.25, 0.3) is 0 Å². The van der Waals surface area contributed by atoms with Crippen LogP contribution >= 0.6 is 15.9 Å². The molecule has 2 aromatic rings. The molecule has 2 heterocycles. The molecule has 0 aromatic carbocycles. The molecule has 2 N–H and O–H groups in total. The first kappa shape index (κ1) is 12.4. The zero-order valence-electron chi connectivity index (χ0n) is 10.2. The molecule has 0 radical (unpaired) electrons. The molecule has 4 nitrogen and oxygen atoms in total. The first-order valence-electron chi connectivity index (χ1n) is 5.49. The van der Waals surface area contributed by atoms with Gasteiger partial charge in [-0.3, -0.25) is 4.68 Å². The van der Waals surface area contributed by atoms with Gasteiger partial charge in [0.05, 0.1) is 21.9 Å². The van der Waals surface area contributed by atoms with Crippen molar-refractivity contribution in [1.82, 2.24) is 9.78 Å². The Morgan fingerprint density at radius 2 is 2.18 bits per heavy atom. The highest BCUT2D eigenvalue weighted by atomic mass is 79.9. The Hall–Kier alpha value is -1.07. The van der Waals surface area contributed by atoms with E-state index in [1.54, 1.807) is 0 Å². The molecule has 0 aliphatic rings. The van der Waals surface area contributed by atoms with E-state index >= 15 is 0 Å². The summed E-state index contributed by atoms with van der Waals surface area (Å²) >= 11 is 3.54. The molecule has 17 heavy (non-hydrogen) atoms. The largest absolute Gasteiger partial charge is 0.465 e. The van der Waals surface area contributed by atoms with E-state index in [9.17, 15) is 0 Å². The predicted octanol–water partition coefficient (Wildman–Crippen LogP) is 2.63. The van der Waals surface area contributed by atoms with Crippen molar-refractivity contribution in [2.45, 2.75) is 26.3 Å².